The molecule has 5 rings (SSSR count). The number of hydrogen-bond acceptors (Lipinski definition) is 3. The topological polar surface area (TPSA) is 69.7 Å². The van der Waals surface area contributed by atoms with Gasteiger partial charge < -0.3 is 5.32 Å². The van der Waals surface area contributed by atoms with Crippen LogP contribution in [0.1, 0.15) is 28.8 Å². The van der Waals surface area contributed by atoms with Gasteiger partial charge in [0.25, 0.3) is 5.91 Å². The summed E-state index contributed by atoms with van der Waals surface area (Å²) in [7, 11) is -1.90. The molecule has 2 aliphatic rings. The zero-order valence-corrected chi connectivity index (χ0v) is 18.7. The maximum absolute atomic E-state index is 12.9. The van der Waals surface area contributed by atoms with Crippen molar-refractivity contribution >= 4 is 27.5 Å². The van der Waals surface area contributed by atoms with E-state index in [2.05, 4.69) is 5.32 Å². The number of carbonyl (C=O) groups is 1. The number of benzene rings is 3. The predicted octanol–water partition coefficient (Wildman–Crippen LogP) is 4.19. The molecule has 3 aromatic carbocycles. The van der Waals surface area contributed by atoms with Crippen molar-refractivity contribution in [2.75, 3.05) is 22.2 Å². The summed E-state index contributed by atoms with van der Waals surface area (Å²) in [4.78, 5) is 12.3. The molecule has 1 amide bonds. The standard InChI is InChI=1S/C25H25N3O3S/c1-27-24-15-22(12-13-23(24)28(32(27,30)31)17-18-10-11-18)21-9-5-6-19(14-21)16-26-25(29)20-7-3-2-4-8-20/h2-9,12-15,18H,10-11,16-17H2,1H3,(H,26,29). The number of nitrogens with zero attached hydrogens (tertiary/aromatic N) is 2. The van der Waals surface area contributed by atoms with Crippen molar-refractivity contribution in [1.29, 1.82) is 0 Å². The average molecular weight is 448 g/mol. The van der Waals surface area contributed by atoms with Crippen LogP contribution in [0.25, 0.3) is 11.1 Å². The molecular formula is C25H25N3O3S. The van der Waals surface area contributed by atoms with E-state index in [0.717, 1.165) is 35.2 Å². The quantitative estimate of drug-likeness (QED) is 0.616. The summed E-state index contributed by atoms with van der Waals surface area (Å²) in [6, 6.07) is 22.9. The highest BCUT2D eigenvalue weighted by atomic mass is 32.2. The van der Waals surface area contributed by atoms with Gasteiger partial charge in [0.15, 0.2) is 0 Å². The van der Waals surface area contributed by atoms with E-state index in [1.165, 1.54) is 4.31 Å². The molecule has 0 unspecified atom stereocenters. The molecule has 7 heteroatoms. The third-order valence-corrected chi connectivity index (χ3v) is 7.87. The minimum atomic E-state index is -3.51. The summed E-state index contributed by atoms with van der Waals surface area (Å²) in [5, 5.41) is 2.95. The highest BCUT2D eigenvalue weighted by Crippen LogP contribution is 2.44. The Labute approximate surface area is 188 Å². The van der Waals surface area contributed by atoms with Gasteiger partial charge in [-0.15, -0.1) is 0 Å². The van der Waals surface area contributed by atoms with Crippen molar-refractivity contribution in [2.45, 2.75) is 19.4 Å². The Balaban J connectivity index is 1.37. The van der Waals surface area contributed by atoms with Crippen molar-refractivity contribution in [3.8, 4) is 11.1 Å². The Hall–Kier alpha value is -3.32. The molecule has 0 saturated heterocycles. The Kier molecular flexibility index (Phi) is 5.13. The first-order valence-corrected chi connectivity index (χ1v) is 12.2. The Morgan fingerprint density at radius 3 is 2.44 bits per heavy atom. The molecular weight excluding hydrogens is 422 g/mol. The largest absolute Gasteiger partial charge is 0.348 e. The van der Waals surface area contributed by atoms with Crippen LogP contribution in [0.15, 0.2) is 72.8 Å². The van der Waals surface area contributed by atoms with Gasteiger partial charge in [0, 0.05) is 25.7 Å². The van der Waals surface area contributed by atoms with Crippen LogP contribution in [0.2, 0.25) is 0 Å². The lowest BCUT2D eigenvalue weighted by Gasteiger charge is -2.18. The molecule has 1 heterocycles. The van der Waals surface area contributed by atoms with E-state index in [-0.39, 0.29) is 5.91 Å². The second-order valence-corrected chi connectivity index (χ2v) is 10.3. The first-order chi connectivity index (χ1) is 15.4. The number of amides is 1. The van der Waals surface area contributed by atoms with Gasteiger partial charge in [-0.25, -0.2) is 0 Å². The molecule has 0 atom stereocenters. The van der Waals surface area contributed by atoms with Crippen LogP contribution in [-0.4, -0.2) is 27.9 Å². The van der Waals surface area contributed by atoms with Gasteiger partial charge >= 0.3 is 10.2 Å². The number of carbonyl (C=O) groups excluding carboxylic acids is 1. The fourth-order valence-electron chi connectivity index (χ4n) is 4.02. The highest BCUT2D eigenvalue weighted by Gasteiger charge is 2.40. The molecule has 0 bridgehead atoms. The zero-order chi connectivity index (χ0) is 22.3. The molecule has 0 radical (unpaired) electrons. The van der Waals surface area contributed by atoms with Gasteiger partial charge in [0.2, 0.25) is 0 Å². The first kappa shape index (κ1) is 20.6. The molecule has 164 valence electrons. The summed E-state index contributed by atoms with van der Waals surface area (Å²) in [6.45, 7) is 0.964. The number of nitrogens with one attached hydrogen (secondary N) is 1. The Morgan fingerprint density at radius 2 is 1.69 bits per heavy atom. The number of rotatable bonds is 6. The molecule has 0 spiro atoms. The monoisotopic (exact) mass is 447 g/mol. The lowest BCUT2D eigenvalue weighted by molar-refractivity contribution is 0.0951. The fraction of sp³-hybridized carbons (Fsp3) is 0.240. The van der Waals surface area contributed by atoms with Crippen LogP contribution < -0.4 is 13.9 Å². The van der Waals surface area contributed by atoms with Crippen LogP contribution in [0.5, 0.6) is 0 Å². The van der Waals surface area contributed by atoms with E-state index < -0.39 is 10.2 Å². The summed E-state index contributed by atoms with van der Waals surface area (Å²) < 4.78 is 28.7. The van der Waals surface area contributed by atoms with Crippen molar-refractivity contribution < 1.29 is 13.2 Å². The van der Waals surface area contributed by atoms with Crippen molar-refractivity contribution in [3.05, 3.63) is 83.9 Å². The third kappa shape index (κ3) is 3.84. The van der Waals surface area contributed by atoms with Gasteiger partial charge in [-0.1, -0.05) is 42.5 Å². The number of fused-ring (bicyclic) bond motifs is 1. The first-order valence-electron chi connectivity index (χ1n) is 10.8. The van der Waals surface area contributed by atoms with Crippen LogP contribution in [0.4, 0.5) is 11.4 Å². The Bertz CT molecular complexity index is 1270. The SMILES string of the molecule is CN1c2cc(-c3cccc(CNC(=O)c4ccccc4)c3)ccc2N(CC2CC2)S1(=O)=O. The minimum absolute atomic E-state index is 0.115. The van der Waals surface area contributed by atoms with Gasteiger partial charge in [0.05, 0.1) is 11.4 Å². The smallest absolute Gasteiger partial charge is 0.326 e. The lowest BCUT2D eigenvalue weighted by Crippen LogP contribution is -2.36. The molecule has 0 aromatic heterocycles. The molecule has 32 heavy (non-hydrogen) atoms. The second kappa shape index (κ2) is 7.98. The van der Waals surface area contributed by atoms with Crippen LogP contribution in [0.3, 0.4) is 0 Å². The molecule has 1 N–H and O–H groups in total. The Morgan fingerprint density at radius 1 is 0.938 bits per heavy atom. The van der Waals surface area contributed by atoms with Crippen LogP contribution in [0, 0.1) is 5.92 Å². The van der Waals surface area contributed by atoms with Gasteiger partial charge in [-0.2, -0.15) is 8.42 Å². The van der Waals surface area contributed by atoms with Gasteiger partial charge in [-0.3, -0.25) is 13.4 Å². The normalized spacial score (nSPS) is 16.7. The maximum Gasteiger partial charge on any atom is 0.326 e. The summed E-state index contributed by atoms with van der Waals surface area (Å²) in [5.41, 5.74) is 4.97. The van der Waals surface area contributed by atoms with E-state index in [4.69, 9.17) is 0 Å². The summed E-state index contributed by atoms with van der Waals surface area (Å²) >= 11 is 0. The zero-order valence-electron chi connectivity index (χ0n) is 17.9. The maximum atomic E-state index is 12.9. The molecule has 1 aliphatic carbocycles. The average Bonchev–Trinajstić information content (AvgIpc) is 3.62. The molecule has 1 fully saturated rings. The van der Waals surface area contributed by atoms with E-state index >= 15 is 0 Å². The number of anilines is 2. The fourth-order valence-corrected chi connectivity index (χ4v) is 5.52. The summed E-state index contributed by atoms with van der Waals surface area (Å²) in [6.07, 6.45) is 2.19. The number of hydrogen-bond donors (Lipinski definition) is 1. The van der Waals surface area contributed by atoms with Crippen LogP contribution >= 0.6 is 0 Å². The molecule has 3 aromatic rings. The lowest BCUT2D eigenvalue weighted by atomic mass is 10.0. The van der Waals surface area contributed by atoms with Crippen molar-refractivity contribution in [2.24, 2.45) is 5.92 Å². The highest BCUT2D eigenvalue weighted by molar-refractivity contribution is 7.94. The van der Waals surface area contributed by atoms with E-state index in [1.807, 2.05) is 60.7 Å². The van der Waals surface area contributed by atoms with E-state index in [9.17, 15) is 13.2 Å². The van der Waals surface area contributed by atoms with Crippen molar-refractivity contribution in [3.63, 3.8) is 0 Å². The second-order valence-electron chi connectivity index (χ2n) is 8.40. The predicted molar refractivity (Wildman–Crippen MR) is 127 cm³/mol. The molecule has 1 aliphatic heterocycles. The van der Waals surface area contributed by atoms with Gasteiger partial charge in [-0.05, 0) is 65.8 Å². The minimum Gasteiger partial charge on any atom is -0.348 e. The van der Waals surface area contributed by atoms with Crippen LogP contribution in [-0.2, 0) is 16.8 Å². The van der Waals surface area contributed by atoms with Gasteiger partial charge in [0.1, 0.15) is 0 Å². The van der Waals surface area contributed by atoms with E-state index in [0.29, 0.717) is 30.3 Å². The van der Waals surface area contributed by atoms with Crippen molar-refractivity contribution in [1.82, 2.24) is 5.32 Å². The summed E-state index contributed by atoms with van der Waals surface area (Å²) in [5.74, 6) is 0.350. The molecule has 6 nitrogen and oxygen atoms in total. The van der Waals surface area contributed by atoms with E-state index in [1.54, 1.807) is 23.5 Å². The molecule has 1 saturated carbocycles. The third-order valence-electron chi connectivity index (χ3n) is 6.08.